The highest BCUT2D eigenvalue weighted by molar-refractivity contribution is 6.22. The van der Waals surface area contributed by atoms with Gasteiger partial charge in [-0.05, 0) is 45.7 Å². The minimum atomic E-state index is -1.34. The van der Waals surface area contributed by atoms with Gasteiger partial charge in [-0.1, -0.05) is 18.2 Å². The highest BCUT2D eigenvalue weighted by Gasteiger charge is 2.23. The van der Waals surface area contributed by atoms with Crippen LogP contribution in [0.25, 0.3) is 16.6 Å². The van der Waals surface area contributed by atoms with Gasteiger partial charge in [-0.2, -0.15) is 0 Å². The fraction of sp³-hybridized carbons (Fsp3) is 0.111. The largest absolute Gasteiger partial charge is 0.497 e. The van der Waals surface area contributed by atoms with E-state index in [1.54, 1.807) is 24.3 Å². The van der Waals surface area contributed by atoms with Crippen molar-refractivity contribution in [3.63, 3.8) is 0 Å². The number of aliphatic carboxylic acids is 2. The van der Waals surface area contributed by atoms with Crippen LogP contribution in [0.1, 0.15) is 11.1 Å². The second kappa shape index (κ2) is 7.06. The molecule has 2 aromatic carbocycles. The van der Waals surface area contributed by atoms with E-state index in [4.69, 9.17) is 4.74 Å². The Labute approximate surface area is 147 Å². The van der Waals surface area contributed by atoms with E-state index in [0.29, 0.717) is 22.3 Å². The van der Waals surface area contributed by atoms with Gasteiger partial charge in [-0.15, -0.1) is 0 Å². The summed E-state index contributed by atoms with van der Waals surface area (Å²) in [7, 11) is 1.52. The van der Waals surface area contributed by atoms with Crippen molar-refractivity contribution in [3.8, 4) is 5.75 Å². The average molecular weight is 354 g/mol. The Morgan fingerprint density at radius 2 is 1.69 bits per heavy atom. The third kappa shape index (κ3) is 3.39. The average Bonchev–Trinajstić information content (AvgIpc) is 3.09. The molecule has 26 heavy (non-hydrogen) atoms. The van der Waals surface area contributed by atoms with Gasteiger partial charge in [-0.3, -0.25) is 0 Å². The van der Waals surface area contributed by atoms with Gasteiger partial charge in [-0.25, -0.2) is 14.2 Å². The lowest BCUT2D eigenvalue weighted by molar-refractivity contribution is -0.134. The zero-order valence-electron chi connectivity index (χ0n) is 13.7. The Balaban J connectivity index is 2.09. The number of aromatic nitrogens is 2. The van der Waals surface area contributed by atoms with Crippen molar-refractivity contribution in [1.82, 2.24) is 10.3 Å². The molecule has 0 fully saturated rings. The van der Waals surface area contributed by atoms with Crippen molar-refractivity contribution in [2.24, 2.45) is 0 Å². The van der Waals surface area contributed by atoms with Crippen molar-refractivity contribution >= 4 is 28.5 Å². The molecule has 2 N–H and O–H groups in total. The third-order valence-electron chi connectivity index (χ3n) is 3.86. The summed E-state index contributed by atoms with van der Waals surface area (Å²) in [5.74, 6) is -2.03. The number of carboxylic acids is 2. The Morgan fingerprint density at radius 3 is 2.31 bits per heavy atom. The van der Waals surface area contributed by atoms with Crippen LogP contribution in [0.2, 0.25) is 0 Å². The molecule has 0 aliphatic carbocycles. The molecule has 3 aromatic rings. The van der Waals surface area contributed by atoms with Gasteiger partial charge in [0, 0.05) is 6.42 Å². The van der Waals surface area contributed by atoms with E-state index in [2.05, 4.69) is 14.9 Å². The quantitative estimate of drug-likeness (QED) is 0.647. The number of ether oxygens (including phenoxy) is 1. The van der Waals surface area contributed by atoms with Gasteiger partial charge in [0.1, 0.15) is 16.8 Å². The molecule has 8 nitrogen and oxygen atoms in total. The van der Waals surface area contributed by atoms with Crippen LogP contribution in [-0.2, 0) is 16.0 Å². The van der Waals surface area contributed by atoms with Gasteiger partial charge >= 0.3 is 11.9 Å². The lowest BCUT2D eigenvalue weighted by Crippen LogP contribution is -2.13. The van der Waals surface area contributed by atoms with E-state index in [1.807, 2.05) is 0 Å². The molecule has 1 aromatic heterocycles. The maximum Gasteiger partial charge on any atom is 0.336 e. The standard InChI is InChI=1S/C18H14N2O6/c1-25-12-5-2-10(3-6-12)8-13(17(21)22)16(18(23)24)11-4-7-14-15(9-11)20-26-19-14/h2-7,9H,8H2,1H3,(H,21,22)(H,23,24). The van der Waals surface area contributed by atoms with Gasteiger partial charge in [0.25, 0.3) is 0 Å². The molecule has 3 rings (SSSR count). The molecule has 0 spiro atoms. The maximum atomic E-state index is 11.8. The van der Waals surface area contributed by atoms with Crippen LogP contribution in [0.15, 0.2) is 52.7 Å². The summed E-state index contributed by atoms with van der Waals surface area (Å²) in [6.07, 6.45) is -0.0595. The van der Waals surface area contributed by atoms with E-state index in [-0.39, 0.29) is 23.1 Å². The monoisotopic (exact) mass is 354 g/mol. The van der Waals surface area contributed by atoms with E-state index in [1.165, 1.54) is 25.3 Å². The molecule has 0 amide bonds. The molecule has 8 heteroatoms. The summed E-state index contributed by atoms with van der Waals surface area (Å²) in [6, 6.07) is 11.2. The summed E-state index contributed by atoms with van der Waals surface area (Å²) in [5, 5.41) is 26.5. The van der Waals surface area contributed by atoms with Crippen LogP contribution in [0.3, 0.4) is 0 Å². The number of carbonyl (C=O) groups is 2. The van der Waals surface area contributed by atoms with Gasteiger partial charge in [0.05, 0.1) is 18.3 Å². The highest BCUT2D eigenvalue weighted by atomic mass is 16.6. The zero-order valence-corrected chi connectivity index (χ0v) is 13.7. The van der Waals surface area contributed by atoms with Crippen LogP contribution < -0.4 is 4.74 Å². The van der Waals surface area contributed by atoms with Gasteiger partial charge in [0.15, 0.2) is 0 Å². The maximum absolute atomic E-state index is 11.8. The first-order chi connectivity index (χ1) is 12.5. The normalized spacial score (nSPS) is 11.9. The minimum absolute atomic E-state index is 0.0595. The molecular formula is C18H14N2O6. The van der Waals surface area contributed by atoms with Crippen molar-refractivity contribution < 1.29 is 29.2 Å². The molecule has 0 saturated heterocycles. The van der Waals surface area contributed by atoms with Gasteiger partial charge < -0.3 is 14.9 Å². The molecule has 0 unspecified atom stereocenters. The smallest absolute Gasteiger partial charge is 0.336 e. The molecule has 0 saturated carbocycles. The first-order valence-corrected chi connectivity index (χ1v) is 7.55. The number of hydrogen-bond donors (Lipinski definition) is 2. The topological polar surface area (TPSA) is 123 Å². The van der Waals surface area contributed by atoms with E-state index in [0.717, 1.165) is 0 Å². The second-order valence-electron chi connectivity index (χ2n) is 5.46. The first kappa shape index (κ1) is 17.2. The summed E-state index contributed by atoms with van der Waals surface area (Å²) in [4.78, 5) is 23.6. The van der Waals surface area contributed by atoms with E-state index in [9.17, 15) is 19.8 Å². The zero-order chi connectivity index (χ0) is 18.7. The lowest BCUT2D eigenvalue weighted by atomic mass is 9.94. The fourth-order valence-electron chi connectivity index (χ4n) is 2.58. The predicted molar refractivity (Wildman–Crippen MR) is 90.7 cm³/mol. The van der Waals surface area contributed by atoms with Crippen LogP contribution in [0, 0.1) is 0 Å². The van der Waals surface area contributed by atoms with Crippen LogP contribution in [0.4, 0.5) is 0 Å². The SMILES string of the molecule is COc1ccc(CC(C(=O)O)=C(C(=O)O)c2ccc3nonc3c2)cc1. The number of rotatable bonds is 6. The fourth-order valence-corrected chi connectivity index (χ4v) is 2.58. The molecule has 0 bridgehead atoms. The van der Waals surface area contributed by atoms with E-state index < -0.39 is 11.9 Å². The van der Waals surface area contributed by atoms with Crippen molar-refractivity contribution in [2.75, 3.05) is 7.11 Å². The van der Waals surface area contributed by atoms with Crippen molar-refractivity contribution in [3.05, 3.63) is 59.2 Å². The summed E-state index contributed by atoms with van der Waals surface area (Å²) >= 11 is 0. The molecule has 1 heterocycles. The number of benzene rings is 2. The van der Waals surface area contributed by atoms with Crippen LogP contribution >= 0.6 is 0 Å². The summed E-state index contributed by atoms with van der Waals surface area (Å²) in [6.45, 7) is 0. The van der Waals surface area contributed by atoms with E-state index >= 15 is 0 Å². The second-order valence-corrected chi connectivity index (χ2v) is 5.46. The molecule has 0 atom stereocenters. The Morgan fingerprint density at radius 1 is 1.00 bits per heavy atom. The number of hydrogen-bond acceptors (Lipinski definition) is 6. The molecular weight excluding hydrogens is 340 g/mol. The number of methoxy groups -OCH3 is 1. The lowest BCUT2D eigenvalue weighted by Gasteiger charge is -2.10. The molecule has 0 aliphatic heterocycles. The Bertz CT molecular complexity index is 1000. The summed E-state index contributed by atoms with van der Waals surface area (Å²) in [5.41, 5.74) is 1.11. The van der Waals surface area contributed by atoms with Crippen LogP contribution in [0.5, 0.6) is 5.75 Å². The summed E-state index contributed by atoms with van der Waals surface area (Å²) < 4.78 is 9.66. The van der Waals surface area contributed by atoms with Crippen molar-refractivity contribution in [1.29, 1.82) is 0 Å². The first-order valence-electron chi connectivity index (χ1n) is 7.55. The predicted octanol–water partition coefficient (Wildman–Crippen LogP) is 2.40. The molecule has 0 aliphatic rings. The Kier molecular flexibility index (Phi) is 4.66. The molecule has 0 radical (unpaired) electrons. The minimum Gasteiger partial charge on any atom is -0.497 e. The molecule has 132 valence electrons. The number of nitrogens with zero attached hydrogens (tertiary/aromatic N) is 2. The third-order valence-corrected chi connectivity index (χ3v) is 3.86. The van der Waals surface area contributed by atoms with Gasteiger partial charge in [0.2, 0.25) is 0 Å². The van der Waals surface area contributed by atoms with Crippen LogP contribution in [-0.4, -0.2) is 39.6 Å². The van der Waals surface area contributed by atoms with Crippen molar-refractivity contribution in [2.45, 2.75) is 6.42 Å². The number of fused-ring (bicyclic) bond motifs is 1. The number of carboxylic acid groups (broad SMARTS) is 2. The highest BCUT2D eigenvalue weighted by Crippen LogP contribution is 2.25. The Hall–Kier alpha value is -3.68.